The number of hydrogen-bond donors (Lipinski definition) is 2. The number of aliphatic hydroxyl groups is 1. The third-order valence-corrected chi connectivity index (χ3v) is 4.80. The standard InChI is InChI=1S/C19H20O4S/c1-22-13-6-7-14(16(21)11-13)18-19(24-2)15-10-12(4-3-9-20)5-8-17(15)23-18/h5-8,10-11,20-21H,3-4,9H2,1-2H3. The molecule has 0 aliphatic heterocycles. The fourth-order valence-electron chi connectivity index (χ4n) is 2.77. The molecule has 0 spiro atoms. The van der Waals surface area contributed by atoms with Gasteiger partial charge in [0.15, 0.2) is 5.76 Å². The van der Waals surface area contributed by atoms with Gasteiger partial charge < -0.3 is 19.4 Å². The van der Waals surface area contributed by atoms with Crippen LogP contribution in [0.1, 0.15) is 12.0 Å². The molecule has 5 heteroatoms. The van der Waals surface area contributed by atoms with Crippen molar-refractivity contribution in [2.75, 3.05) is 20.0 Å². The number of aryl methyl sites for hydroxylation is 1. The van der Waals surface area contributed by atoms with E-state index < -0.39 is 0 Å². The van der Waals surface area contributed by atoms with Gasteiger partial charge in [-0.15, -0.1) is 11.8 Å². The van der Waals surface area contributed by atoms with Crippen molar-refractivity contribution in [1.82, 2.24) is 0 Å². The van der Waals surface area contributed by atoms with Crippen molar-refractivity contribution in [1.29, 1.82) is 0 Å². The second-order valence-electron chi connectivity index (χ2n) is 5.51. The Balaban J connectivity index is 2.11. The SMILES string of the molecule is COc1ccc(-c2oc3ccc(CCCO)cc3c2SC)c(O)c1. The van der Waals surface area contributed by atoms with Crippen LogP contribution in [-0.2, 0) is 6.42 Å². The first kappa shape index (κ1) is 16.7. The van der Waals surface area contributed by atoms with E-state index in [1.54, 1.807) is 37.1 Å². The number of phenolic OH excluding ortho intramolecular Hbond substituents is 1. The van der Waals surface area contributed by atoms with Crippen LogP contribution >= 0.6 is 11.8 Å². The van der Waals surface area contributed by atoms with E-state index >= 15 is 0 Å². The second kappa shape index (κ2) is 7.20. The van der Waals surface area contributed by atoms with E-state index in [2.05, 4.69) is 6.07 Å². The molecule has 0 bridgehead atoms. The maximum Gasteiger partial charge on any atom is 0.152 e. The Morgan fingerprint density at radius 2 is 2.00 bits per heavy atom. The van der Waals surface area contributed by atoms with Crippen LogP contribution in [0.5, 0.6) is 11.5 Å². The Bertz CT molecular complexity index is 854. The summed E-state index contributed by atoms with van der Waals surface area (Å²) >= 11 is 1.59. The Labute approximate surface area is 145 Å². The smallest absolute Gasteiger partial charge is 0.152 e. The van der Waals surface area contributed by atoms with Crippen molar-refractivity contribution >= 4 is 22.7 Å². The minimum absolute atomic E-state index is 0.129. The molecule has 2 aromatic carbocycles. The van der Waals surface area contributed by atoms with E-state index in [-0.39, 0.29) is 12.4 Å². The lowest BCUT2D eigenvalue weighted by Crippen LogP contribution is -1.88. The number of furan rings is 1. The molecule has 0 aliphatic carbocycles. The summed E-state index contributed by atoms with van der Waals surface area (Å²) in [4.78, 5) is 0.997. The summed E-state index contributed by atoms with van der Waals surface area (Å²) in [7, 11) is 1.57. The third kappa shape index (κ3) is 3.09. The van der Waals surface area contributed by atoms with E-state index in [9.17, 15) is 5.11 Å². The topological polar surface area (TPSA) is 62.8 Å². The molecule has 24 heavy (non-hydrogen) atoms. The molecule has 126 valence electrons. The molecule has 4 nitrogen and oxygen atoms in total. The van der Waals surface area contributed by atoms with Crippen LogP contribution in [0, 0.1) is 0 Å². The number of ether oxygens (including phenoxy) is 1. The highest BCUT2D eigenvalue weighted by Gasteiger charge is 2.18. The number of aromatic hydroxyl groups is 1. The summed E-state index contributed by atoms with van der Waals surface area (Å²) < 4.78 is 11.2. The molecule has 2 N–H and O–H groups in total. The molecule has 0 atom stereocenters. The Morgan fingerprint density at radius 3 is 2.67 bits per heavy atom. The first-order valence-electron chi connectivity index (χ1n) is 7.75. The third-order valence-electron chi connectivity index (χ3n) is 3.98. The monoisotopic (exact) mass is 344 g/mol. The number of fused-ring (bicyclic) bond motifs is 1. The molecule has 0 unspecified atom stereocenters. The Kier molecular flexibility index (Phi) is 5.02. The van der Waals surface area contributed by atoms with Gasteiger partial charge in [-0.05, 0) is 48.9 Å². The van der Waals surface area contributed by atoms with Gasteiger partial charge in [0, 0.05) is 18.1 Å². The van der Waals surface area contributed by atoms with E-state index in [1.165, 1.54) is 0 Å². The van der Waals surface area contributed by atoms with Crippen molar-refractivity contribution in [3.05, 3.63) is 42.0 Å². The maximum atomic E-state index is 10.3. The average molecular weight is 344 g/mol. The molecule has 1 heterocycles. The van der Waals surface area contributed by atoms with Gasteiger partial charge in [0.05, 0.1) is 17.6 Å². The van der Waals surface area contributed by atoms with Crippen LogP contribution in [0.4, 0.5) is 0 Å². The van der Waals surface area contributed by atoms with Crippen LogP contribution in [0.25, 0.3) is 22.3 Å². The molecular formula is C19H20O4S. The molecule has 0 saturated carbocycles. The minimum atomic E-state index is 0.129. The number of rotatable bonds is 6. The van der Waals surface area contributed by atoms with Crippen LogP contribution in [0.3, 0.4) is 0 Å². The fourth-order valence-corrected chi connectivity index (χ4v) is 3.49. The first-order valence-corrected chi connectivity index (χ1v) is 8.98. The zero-order valence-electron chi connectivity index (χ0n) is 13.7. The summed E-state index contributed by atoms with van der Waals surface area (Å²) in [5.74, 6) is 1.39. The zero-order chi connectivity index (χ0) is 17.1. The van der Waals surface area contributed by atoms with Crippen LogP contribution in [0.2, 0.25) is 0 Å². The number of methoxy groups -OCH3 is 1. The lowest BCUT2D eigenvalue weighted by Gasteiger charge is -2.06. The van der Waals surface area contributed by atoms with Crippen molar-refractivity contribution in [3.63, 3.8) is 0 Å². The summed E-state index contributed by atoms with van der Waals surface area (Å²) in [6.07, 6.45) is 3.56. The Hall–Kier alpha value is -2.11. The van der Waals surface area contributed by atoms with Crippen molar-refractivity contribution in [3.8, 4) is 22.8 Å². The van der Waals surface area contributed by atoms with Gasteiger partial charge in [-0.1, -0.05) is 6.07 Å². The van der Waals surface area contributed by atoms with Gasteiger partial charge in [0.2, 0.25) is 0 Å². The average Bonchev–Trinajstić information content (AvgIpc) is 2.97. The van der Waals surface area contributed by atoms with Crippen LogP contribution in [-0.4, -0.2) is 30.2 Å². The van der Waals surface area contributed by atoms with E-state index in [4.69, 9.17) is 14.3 Å². The normalized spacial score (nSPS) is 11.1. The first-order chi connectivity index (χ1) is 11.7. The molecule has 3 aromatic rings. The van der Waals surface area contributed by atoms with Gasteiger partial charge in [0.25, 0.3) is 0 Å². The summed E-state index contributed by atoms with van der Waals surface area (Å²) in [6.45, 7) is 0.184. The zero-order valence-corrected chi connectivity index (χ0v) is 14.5. The number of phenols is 1. The molecule has 0 saturated heterocycles. The van der Waals surface area contributed by atoms with E-state index in [1.807, 2.05) is 18.4 Å². The quantitative estimate of drug-likeness (QED) is 0.646. The molecule has 0 radical (unpaired) electrons. The number of thioether (sulfide) groups is 1. The molecule has 3 rings (SSSR count). The summed E-state index contributed by atoms with van der Waals surface area (Å²) in [5.41, 5.74) is 2.60. The summed E-state index contributed by atoms with van der Waals surface area (Å²) in [6, 6.07) is 11.3. The molecule has 0 amide bonds. The lowest BCUT2D eigenvalue weighted by atomic mass is 10.1. The molecular weight excluding hydrogens is 324 g/mol. The summed E-state index contributed by atoms with van der Waals surface area (Å²) in [5, 5.41) is 20.4. The number of hydrogen-bond acceptors (Lipinski definition) is 5. The van der Waals surface area contributed by atoms with Gasteiger partial charge in [-0.3, -0.25) is 0 Å². The number of aliphatic hydroxyl groups excluding tert-OH is 1. The van der Waals surface area contributed by atoms with Gasteiger partial charge >= 0.3 is 0 Å². The highest BCUT2D eigenvalue weighted by atomic mass is 32.2. The Morgan fingerprint density at radius 1 is 1.17 bits per heavy atom. The van der Waals surface area contributed by atoms with E-state index in [0.29, 0.717) is 17.1 Å². The van der Waals surface area contributed by atoms with Crippen LogP contribution < -0.4 is 4.74 Å². The molecule has 1 aromatic heterocycles. The molecule has 0 fully saturated rings. The predicted octanol–water partition coefficient (Wildman–Crippen LogP) is 4.46. The molecule has 0 aliphatic rings. The number of benzene rings is 2. The highest BCUT2D eigenvalue weighted by Crippen LogP contribution is 2.43. The van der Waals surface area contributed by atoms with Crippen LogP contribution in [0.15, 0.2) is 45.7 Å². The predicted molar refractivity (Wildman–Crippen MR) is 97.1 cm³/mol. The van der Waals surface area contributed by atoms with Crippen molar-refractivity contribution in [2.24, 2.45) is 0 Å². The van der Waals surface area contributed by atoms with E-state index in [0.717, 1.165) is 34.3 Å². The fraction of sp³-hybridized carbons (Fsp3) is 0.263. The van der Waals surface area contributed by atoms with Gasteiger partial charge in [-0.2, -0.15) is 0 Å². The minimum Gasteiger partial charge on any atom is -0.507 e. The van der Waals surface area contributed by atoms with Crippen molar-refractivity contribution < 1.29 is 19.4 Å². The lowest BCUT2D eigenvalue weighted by molar-refractivity contribution is 0.288. The highest BCUT2D eigenvalue weighted by molar-refractivity contribution is 7.99. The van der Waals surface area contributed by atoms with Crippen molar-refractivity contribution in [2.45, 2.75) is 17.7 Å². The maximum absolute atomic E-state index is 10.3. The second-order valence-corrected chi connectivity index (χ2v) is 6.32. The largest absolute Gasteiger partial charge is 0.507 e. The van der Waals surface area contributed by atoms with Gasteiger partial charge in [0.1, 0.15) is 17.1 Å². The van der Waals surface area contributed by atoms with Gasteiger partial charge in [-0.25, -0.2) is 0 Å².